The minimum Gasteiger partial charge on any atom is -0.294 e. The number of hydrogen-bond acceptors (Lipinski definition) is 2. The Morgan fingerprint density at radius 1 is 0.895 bits per heavy atom. The van der Waals surface area contributed by atoms with Crippen molar-refractivity contribution in [3.05, 3.63) is 35.4 Å². The van der Waals surface area contributed by atoms with E-state index in [4.69, 9.17) is 4.52 Å². The van der Waals surface area contributed by atoms with Gasteiger partial charge in [-0.2, -0.15) is 0 Å². The number of hydrogen-bond donors (Lipinski definition) is 0. The summed E-state index contributed by atoms with van der Waals surface area (Å²) < 4.78 is 14.9. The smallest absolute Gasteiger partial charge is 0.294 e. The van der Waals surface area contributed by atoms with Crippen molar-refractivity contribution < 1.29 is 9.09 Å². The molecule has 106 valence electrons. The second-order valence-electron chi connectivity index (χ2n) is 4.99. The van der Waals surface area contributed by atoms with Crippen molar-refractivity contribution in [2.45, 2.75) is 58.3 Å². The van der Waals surface area contributed by atoms with E-state index in [2.05, 4.69) is 31.2 Å². The molecule has 3 heteroatoms. The largest absolute Gasteiger partial charge is 0.327 e. The lowest BCUT2D eigenvalue weighted by Crippen LogP contribution is -1.93. The molecule has 0 amide bonds. The minimum atomic E-state index is -0.225. The Labute approximate surface area is 118 Å². The highest BCUT2D eigenvalue weighted by atomic mass is 31.1. The van der Waals surface area contributed by atoms with Crippen molar-refractivity contribution in [1.29, 1.82) is 0 Å². The molecule has 0 aliphatic heterocycles. The second-order valence-corrected chi connectivity index (χ2v) is 5.40. The van der Waals surface area contributed by atoms with E-state index in [0.717, 1.165) is 6.42 Å². The van der Waals surface area contributed by atoms with Crippen LogP contribution in [0, 0.1) is 0 Å². The van der Waals surface area contributed by atoms with E-state index in [1.165, 1.54) is 56.1 Å². The normalized spacial score (nSPS) is 11.0. The summed E-state index contributed by atoms with van der Waals surface area (Å²) in [4.78, 5) is 0. The van der Waals surface area contributed by atoms with Crippen LogP contribution in [0.1, 0.15) is 56.6 Å². The molecule has 1 aromatic carbocycles. The fourth-order valence-corrected chi connectivity index (χ4v) is 2.35. The summed E-state index contributed by atoms with van der Waals surface area (Å²) >= 11 is 0. The zero-order valence-corrected chi connectivity index (χ0v) is 12.8. The highest BCUT2D eigenvalue weighted by molar-refractivity contribution is 7.17. The summed E-state index contributed by atoms with van der Waals surface area (Å²) in [5.74, 6) is 0. The van der Waals surface area contributed by atoms with E-state index < -0.39 is 0 Å². The van der Waals surface area contributed by atoms with Gasteiger partial charge in [-0.15, -0.1) is 0 Å². The van der Waals surface area contributed by atoms with Gasteiger partial charge in [-0.25, -0.2) is 4.57 Å². The molecule has 19 heavy (non-hydrogen) atoms. The lowest BCUT2D eigenvalue weighted by Gasteiger charge is -2.04. The Hall–Kier alpha value is -0.720. The van der Waals surface area contributed by atoms with Crippen molar-refractivity contribution in [1.82, 2.24) is 0 Å². The average Bonchev–Trinajstić information content (AvgIpc) is 2.44. The Morgan fingerprint density at radius 3 is 2.11 bits per heavy atom. The fraction of sp³-hybridized carbons (Fsp3) is 0.625. The molecule has 0 aliphatic carbocycles. The molecule has 0 aliphatic rings. The molecule has 1 aromatic rings. The summed E-state index contributed by atoms with van der Waals surface area (Å²) in [7, 11) is -0.225. The van der Waals surface area contributed by atoms with Crippen LogP contribution in [0.15, 0.2) is 24.3 Å². The van der Waals surface area contributed by atoms with Crippen LogP contribution in [0.2, 0.25) is 0 Å². The molecule has 0 fully saturated rings. The molecule has 0 saturated carbocycles. The maximum Gasteiger partial charge on any atom is 0.327 e. The molecule has 0 unspecified atom stereocenters. The summed E-state index contributed by atoms with van der Waals surface area (Å²) in [6.07, 6.45) is 10.1. The Morgan fingerprint density at radius 2 is 1.47 bits per heavy atom. The highest BCUT2D eigenvalue weighted by Gasteiger charge is 1.97. The number of rotatable bonds is 11. The zero-order valence-electron chi connectivity index (χ0n) is 11.9. The van der Waals surface area contributed by atoms with Crippen molar-refractivity contribution in [3.63, 3.8) is 0 Å². The van der Waals surface area contributed by atoms with Gasteiger partial charge in [0.25, 0.3) is 0 Å². The van der Waals surface area contributed by atoms with E-state index in [-0.39, 0.29) is 8.69 Å². The van der Waals surface area contributed by atoms with Gasteiger partial charge < -0.3 is 0 Å². The van der Waals surface area contributed by atoms with Gasteiger partial charge in [-0.05, 0) is 30.4 Å². The molecule has 0 radical (unpaired) electrons. The first-order valence-corrected chi connectivity index (χ1v) is 8.12. The van der Waals surface area contributed by atoms with Gasteiger partial charge in [0.1, 0.15) is 0 Å². The van der Waals surface area contributed by atoms with E-state index >= 15 is 0 Å². The fourth-order valence-electron chi connectivity index (χ4n) is 2.18. The first-order chi connectivity index (χ1) is 9.36. The molecule has 0 atom stereocenters. The van der Waals surface area contributed by atoms with Gasteiger partial charge in [-0.1, -0.05) is 63.3 Å². The summed E-state index contributed by atoms with van der Waals surface area (Å²) in [6.45, 7) is 2.77. The van der Waals surface area contributed by atoms with Crippen LogP contribution < -0.4 is 0 Å². The van der Waals surface area contributed by atoms with Gasteiger partial charge in [0.2, 0.25) is 0 Å². The molecular formula is C16H25O2P. The molecule has 0 aromatic heterocycles. The highest BCUT2D eigenvalue weighted by Crippen LogP contribution is 2.11. The second kappa shape index (κ2) is 11.1. The Balaban J connectivity index is 2.15. The van der Waals surface area contributed by atoms with Gasteiger partial charge in [0.05, 0.1) is 6.61 Å². The van der Waals surface area contributed by atoms with Crippen LogP contribution in [0.5, 0.6) is 0 Å². The third kappa shape index (κ3) is 8.13. The zero-order chi connectivity index (χ0) is 13.8. The van der Waals surface area contributed by atoms with Crippen molar-refractivity contribution in [2.24, 2.45) is 0 Å². The van der Waals surface area contributed by atoms with Crippen LogP contribution in [0.25, 0.3) is 0 Å². The van der Waals surface area contributed by atoms with Crippen LogP contribution >= 0.6 is 8.69 Å². The molecule has 0 N–H and O–H groups in total. The maximum atomic E-state index is 10.1. The first-order valence-electron chi connectivity index (χ1n) is 7.39. The predicted molar refractivity (Wildman–Crippen MR) is 80.8 cm³/mol. The van der Waals surface area contributed by atoms with Gasteiger partial charge in [0, 0.05) is 0 Å². The van der Waals surface area contributed by atoms with Crippen LogP contribution in [-0.4, -0.2) is 6.61 Å². The molecule has 0 saturated heterocycles. The number of aryl methyl sites for hydroxylation is 1. The summed E-state index contributed by atoms with van der Waals surface area (Å²) in [6, 6.07) is 8.71. The molecule has 2 nitrogen and oxygen atoms in total. The quantitative estimate of drug-likeness (QED) is 0.403. The Bertz CT molecular complexity index is 335. The van der Waals surface area contributed by atoms with Gasteiger partial charge in [0.15, 0.2) is 0 Å². The van der Waals surface area contributed by atoms with E-state index in [1.54, 1.807) is 0 Å². The first kappa shape index (κ1) is 16.3. The topological polar surface area (TPSA) is 26.3 Å². The summed E-state index contributed by atoms with van der Waals surface area (Å²) in [5, 5.41) is 0. The Kier molecular flexibility index (Phi) is 9.57. The molecule has 0 spiro atoms. The number of unbranched alkanes of at least 4 members (excludes halogenated alkanes) is 5. The standard InChI is InChI=1S/C16H25O2P/c1-2-3-4-5-6-7-8-15-9-11-16(12-10-15)13-14-18-19-17/h9-12H,2-8,13-14H2,1H3. The van der Waals surface area contributed by atoms with Gasteiger partial charge in [-0.3, -0.25) is 4.52 Å². The van der Waals surface area contributed by atoms with Crippen LogP contribution in [0.4, 0.5) is 0 Å². The van der Waals surface area contributed by atoms with Crippen molar-refractivity contribution in [2.75, 3.05) is 6.61 Å². The average molecular weight is 280 g/mol. The molecule has 0 bridgehead atoms. The molecule has 1 rings (SSSR count). The van der Waals surface area contributed by atoms with E-state index in [9.17, 15) is 4.57 Å². The summed E-state index contributed by atoms with van der Waals surface area (Å²) in [5.41, 5.74) is 2.66. The maximum absolute atomic E-state index is 10.1. The SMILES string of the molecule is CCCCCCCCc1ccc(CCOP=O)cc1. The van der Waals surface area contributed by atoms with E-state index in [0.29, 0.717) is 6.61 Å². The molecule has 0 heterocycles. The lowest BCUT2D eigenvalue weighted by molar-refractivity contribution is 0.347. The third-order valence-corrected chi connectivity index (χ3v) is 3.66. The van der Waals surface area contributed by atoms with E-state index in [1.807, 2.05) is 0 Å². The molecular weight excluding hydrogens is 255 g/mol. The lowest BCUT2D eigenvalue weighted by atomic mass is 10.0. The third-order valence-electron chi connectivity index (χ3n) is 3.38. The van der Waals surface area contributed by atoms with Crippen LogP contribution in [-0.2, 0) is 21.9 Å². The predicted octanol–water partition coefficient (Wildman–Crippen LogP) is 5.36. The van der Waals surface area contributed by atoms with Crippen molar-refractivity contribution >= 4 is 8.69 Å². The van der Waals surface area contributed by atoms with Crippen molar-refractivity contribution in [3.8, 4) is 0 Å². The van der Waals surface area contributed by atoms with Gasteiger partial charge >= 0.3 is 8.69 Å². The minimum absolute atomic E-state index is 0.225. The monoisotopic (exact) mass is 280 g/mol. The number of benzene rings is 1. The van der Waals surface area contributed by atoms with Crippen LogP contribution in [0.3, 0.4) is 0 Å².